The second-order valence-corrected chi connectivity index (χ2v) is 5.79. The molecule has 0 aliphatic heterocycles. The van der Waals surface area contributed by atoms with Crippen molar-refractivity contribution >= 4 is 17.8 Å². The standard InChI is InChI=1S/C18H22N4O4/c1-11-8-12(2)21-16(23)15(11)10-20-17(24)19-9-13-4-6-14(7-5-13)22-18(25)26-3/h4-8H,9-10H2,1-3H3,(H,21,23)(H,22,25)(H2,19,20,24). The van der Waals surface area contributed by atoms with Gasteiger partial charge in [-0.2, -0.15) is 0 Å². The molecule has 2 aromatic rings. The van der Waals surface area contributed by atoms with Gasteiger partial charge >= 0.3 is 12.1 Å². The molecule has 0 bridgehead atoms. The zero-order chi connectivity index (χ0) is 19.1. The summed E-state index contributed by atoms with van der Waals surface area (Å²) in [6.07, 6.45) is -0.545. The molecule has 8 heteroatoms. The molecule has 0 aliphatic rings. The minimum absolute atomic E-state index is 0.148. The van der Waals surface area contributed by atoms with Gasteiger partial charge in [0, 0.05) is 23.5 Å². The van der Waals surface area contributed by atoms with Crippen LogP contribution in [0.5, 0.6) is 0 Å². The lowest BCUT2D eigenvalue weighted by atomic mass is 10.1. The van der Waals surface area contributed by atoms with Gasteiger partial charge in [-0.15, -0.1) is 0 Å². The molecular formula is C18H22N4O4. The number of carbonyl (C=O) groups is 2. The Morgan fingerprint density at radius 1 is 1.08 bits per heavy atom. The van der Waals surface area contributed by atoms with Crippen LogP contribution in [0.15, 0.2) is 35.1 Å². The monoisotopic (exact) mass is 358 g/mol. The fraction of sp³-hybridized carbons (Fsp3) is 0.278. The predicted molar refractivity (Wildman–Crippen MR) is 98.1 cm³/mol. The molecule has 0 unspecified atom stereocenters. The number of hydrogen-bond donors (Lipinski definition) is 4. The van der Waals surface area contributed by atoms with Gasteiger partial charge in [0.2, 0.25) is 0 Å². The van der Waals surface area contributed by atoms with E-state index in [0.717, 1.165) is 16.8 Å². The Morgan fingerprint density at radius 2 is 1.73 bits per heavy atom. The zero-order valence-electron chi connectivity index (χ0n) is 14.9. The predicted octanol–water partition coefficient (Wildman–Crippen LogP) is 2.17. The molecule has 3 amide bonds. The highest BCUT2D eigenvalue weighted by Crippen LogP contribution is 2.09. The number of carbonyl (C=O) groups excluding carboxylic acids is 2. The van der Waals surface area contributed by atoms with Crippen LogP contribution in [-0.4, -0.2) is 24.2 Å². The molecule has 0 saturated heterocycles. The minimum Gasteiger partial charge on any atom is -0.453 e. The van der Waals surface area contributed by atoms with Gasteiger partial charge in [0.25, 0.3) is 5.56 Å². The van der Waals surface area contributed by atoms with Crippen LogP contribution < -0.4 is 21.5 Å². The molecule has 4 N–H and O–H groups in total. The van der Waals surface area contributed by atoms with Gasteiger partial charge < -0.3 is 20.4 Å². The molecular weight excluding hydrogens is 336 g/mol. The third-order valence-electron chi connectivity index (χ3n) is 3.76. The summed E-state index contributed by atoms with van der Waals surface area (Å²) in [6, 6.07) is 8.46. The maximum Gasteiger partial charge on any atom is 0.411 e. The van der Waals surface area contributed by atoms with Gasteiger partial charge in [-0.05, 0) is 43.2 Å². The van der Waals surface area contributed by atoms with E-state index in [1.807, 2.05) is 19.9 Å². The van der Waals surface area contributed by atoms with Crippen LogP contribution in [0.1, 0.15) is 22.4 Å². The average molecular weight is 358 g/mol. The number of hydrogen-bond acceptors (Lipinski definition) is 4. The number of H-pyrrole nitrogens is 1. The summed E-state index contributed by atoms with van der Waals surface area (Å²) >= 11 is 0. The van der Waals surface area contributed by atoms with E-state index in [4.69, 9.17) is 0 Å². The first-order valence-corrected chi connectivity index (χ1v) is 8.04. The first-order valence-electron chi connectivity index (χ1n) is 8.04. The summed E-state index contributed by atoms with van der Waals surface area (Å²) < 4.78 is 4.51. The maximum atomic E-state index is 11.9. The van der Waals surface area contributed by atoms with Gasteiger partial charge in [-0.25, -0.2) is 9.59 Å². The van der Waals surface area contributed by atoms with Crippen LogP contribution >= 0.6 is 0 Å². The van der Waals surface area contributed by atoms with E-state index in [1.165, 1.54) is 7.11 Å². The van der Waals surface area contributed by atoms with E-state index < -0.39 is 6.09 Å². The normalized spacial score (nSPS) is 10.1. The van der Waals surface area contributed by atoms with Crippen molar-refractivity contribution in [2.75, 3.05) is 12.4 Å². The topological polar surface area (TPSA) is 112 Å². The zero-order valence-corrected chi connectivity index (χ0v) is 14.9. The summed E-state index contributed by atoms with van der Waals surface area (Å²) in [5.74, 6) is 0. The highest BCUT2D eigenvalue weighted by Gasteiger charge is 2.07. The number of benzene rings is 1. The fourth-order valence-electron chi connectivity index (χ4n) is 2.39. The van der Waals surface area contributed by atoms with E-state index in [0.29, 0.717) is 17.8 Å². The molecule has 2 rings (SSSR count). The van der Waals surface area contributed by atoms with E-state index in [-0.39, 0.29) is 18.1 Å². The number of aromatic amines is 1. The molecule has 1 aromatic heterocycles. The number of anilines is 1. The summed E-state index contributed by atoms with van der Waals surface area (Å²) in [4.78, 5) is 37.7. The highest BCUT2D eigenvalue weighted by atomic mass is 16.5. The fourth-order valence-corrected chi connectivity index (χ4v) is 2.39. The lowest BCUT2D eigenvalue weighted by Crippen LogP contribution is -2.36. The molecule has 0 radical (unpaired) electrons. The van der Waals surface area contributed by atoms with Crippen molar-refractivity contribution in [3.05, 3.63) is 63.1 Å². The second-order valence-electron chi connectivity index (χ2n) is 5.79. The first-order chi connectivity index (χ1) is 12.4. The number of amides is 3. The molecule has 1 aromatic carbocycles. The maximum absolute atomic E-state index is 11.9. The summed E-state index contributed by atoms with van der Waals surface area (Å²) in [7, 11) is 1.29. The van der Waals surface area contributed by atoms with Crippen LogP contribution in [0.3, 0.4) is 0 Å². The Bertz CT molecular complexity index is 843. The number of rotatable bonds is 5. The minimum atomic E-state index is -0.545. The van der Waals surface area contributed by atoms with Crippen molar-refractivity contribution in [1.29, 1.82) is 0 Å². The number of aromatic nitrogens is 1. The molecule has 138 valence electrons. The smallest absolute Gasteiger partial charge is 0.411 e. The highest BCUT2D eigenvalue weighted by molar-refractivity contribution is 5.84. The molecule has 0 spiro atoms. The third-order valence-corrected chi connectivity index (χ3v) is 3.76. The Balaban J connectivity index is 1.84. The first kappa shape index (κ1) is 19.0. The Labute approximate surface area is 151 Å². The van der Waals surface area contributed by atoms with E-state index in [2.05, 4.69) is 25.7 Å². The molecule has 26 heavy (non-hydrogen) atoms. The summed E-state index contributed by atoms with van der Waals surface area (Å²) in [6.45, 7) is 4.11. The molecule has 0 aliphatic carbocycles. The number of aryl methyl sites for hydroxylation is 2. The van der Waals surface area contributed by atoms with Crippen molar-refractivity contribution in [2.24, 2.45) is 0 Å². The number of ether oxygens (including phenoxy) is 1. The lowest BCUT2D eigenvalue weighted by molar-refractivity contribution is 0.187. The van der Waals surface area contributed by atoms with Gasteiger partial charge in [0.05, 0.1) is 13.7 Å². The number of urea groups is 1. The van der Waals surface area contributed by atoms with Crippen molar-refractivity contribution in [3.63, 3.8) is 0 Å². The number of nitrogens with one attached hydrogen (secondary N) is 4. The average Bonchev–Trinajstić information content (AvgIpc) is 2.60. The van der Waals surface area contributed by atoms with Crippen LogP contribution in [0, 0.1) is 13.8 Å². The lowest BCUT2D eigenvalue weighted by Gasteiger charge is -2.10. The van der Waals surface area contributed by atoms with Crippen LogP contribution in [0.4, 0.5) is 15.3 Å². The molecule has 0 fully saturated rings. The van der Waals surface area contributed by atoms with Gasteiger partial charge in [-0.3, -0.25) is 10.1 Å². The molecule has 0 saturated carbocycles. The van der Waals surface area contributed by atoms with Crippen molar-refractivity contribution in [1.82, 2.24) is 15.6 Å². The number of pyridine rings is 1. The van der Waals surface area contributed by atoms with Crippen LogP contribution in [-0.2, 0) is 17.8 Å². The van der Waals surface area contributed by atoms with E-state index >= 15 is 0 Å². The molecule has 0 atom stereocenters. The Hall–Kier alpha value is -3.29. The SMILES string of the molecule is COC(=O)Nc1ccc(CNC(=O)NCc2c(C)cc(C)[nH]c2=O)cc1. The van der Waals surface area contributed by atoms with Crippen LogP contribution in [0.2, 0.25) is 0 Å². The molecule has 1 heterocycles. The van der Waals surface area contributed by atoms with Gasteiger partial charge in [-0.1, -0.05) is 12.1 Å². The van der Waals surface area contributed by atoms with Crippen molar-refractivity contribution in [3.8, 4) is 0 Å². The van der Waals surface area contributed by atoms with Gasteiger partial charge in [0.1, 0.15) is 0 Å². The second kappa shape index (κ2) is 8.70. The largest absolute Gasteiger partial charge is 0.453 e. The van der Waals surface area contributed by atoms with E-state index in [1.54, 1.807) is 24.3 Å². The summed E-state index contributed by atoms with van der Waals surface area (Å²) in [5, 5.41) is 7.93. The third kappa shape index (κ3) is 5.37. The summed E-state index contributed by atoms with van der Waals surface area (Å²) in [5.41, 5.74) is 3.41. The quantitative estimate of drug-likeness (QED) is 0.656. The Kier molecular flexibility index (Phi) is 6.37. The van der Waals surface area contributed by atoms with Crippen molar-refractivity contribution in [2.45, 2.75) is 26.9 Å². The Morgan fingerprint density at radius 3 is 2.35 bits per heavy atom. The van der Waals surface area contributed by atoms with E-state index in [9.17, 15) is 14.4 Å². The van der Waals surface area contributed by atoms with Gasteiger partial charge in [0.15, 0.2) is 0 Å². The van der Waals surface area contributed by atoms with Crippen LogP contribution in [0.25, 0.3) is 0 Å². The van der Waals surface area contributed by atoms with Crippen molar-refractivity contribution < 1.29 is 14.3 Å². The molecule has 8 nitrogen and oxygen atoms in total. The number of methoxy groups -OCH3 is 1.